The van der Waals surface area contributed by atoms with Crippen LogP contribution in [0.3, 0.4) is 0 Å². The number of alkyl halides is 6. The number of anilines is 1. The van der Waals surface area contributed by atoms with Crippen molar-refractivity contribution in [3.63, 3.8) is 0 Å². The first-order valence-electron chi connectivity index (χ1n) is 27.6. The molecule has 3 N–H and O–H groups in total. The summed E-state index contributed by atoms with van der Waals surface area (Å²) in [7, 11) is -8.74. The number of hydrogen-bond acceptors (Lipinski definition) is 17. The minimum atomic E-state index is -4.38. The number of hydrogen-bond donors (Lipinski definition) is 3. The number of pyridine rings is 2. The first-order valence-corrected chi connectivity index (χ1v) is 31.0. The molecule has 4 aliphatic rings. The van der Waals surface area contributed by atoms with Gasteiger partial charge in [0.05, 0.1) is 45.0 Å². The topological polar surface area (TPSA) is 271 Å². The average Bonchev–Trinajstić information content (AvgIpc) is 1.66. The van der Waals surface area contributed by atoms with Gasteiger partial charge in [-0.3, -0.25) is 14.4 Å². The van der Waals surface area contributed by atoms with Gasteiger partial charge in [-0.05, 0) is 158 Å². The quantitative estimate of drug-likeness (QED) is 0.0272. The molecule has 0 bridgehead atoms. The van der Waals surface area contributed by atoms with Crippen molar-refractivity contribution in [2.45, 2.75) is 126 Å². The Morgan fingerprint density at radius 1 is 0.702 bits per heavy atom. The Bertz CT molecular complexity index is 3770. The number of rotatable bonds is 18. The van der Waals surface area contributed by atoms with Gasteiger partial charge in [0.2, 0.25) is 11.8 Å². The van der Waals surface area contributed by atoms with Crippen LogP contribution in [0.15, 0.2) is 107 Å². The molecule has 2 amide bonds. The molecule has 0 spiro atoms. The van der Waals surface area contributed by atoms with E-state index in [4.69, 9.17) is 31.1 Å². The molecule has 21 nitrogen and oxygen atoms in total. The molecular weight excluding hydrogens is 1430 g/mol. The molecule has 10 rings (SSSR count). The fourth-order valence-corrected chi connectivity index (χ4v) is 12.4. The smallest absolute Gasteiger partial charge is 1.00 e. The second-order valence-corrected chi connectivity index (χ2v) is 27.0. The van der Waals surface area contributed by atoms with Crippen LogP contribution in [0, 0.1) is 34.3 Å². The van der Waals surface area contributed by atoms with Crippen LogP contribution in [0.25, 0.3) is 11.6 Å². The second kappa shape index (κ2) is 35.7. The van der Waals surface area contributed by atoms with E-state index in [0.717, 1.165) is 42.7 Å². The van der Waals surface area contributed by atoms with E-state index in [0.29, 0.717) is 12.1 Å². The Kier molecular flexibility index (Phi) is 33.0. The number of nitrogens with zero attached hydrogens (tertiary/aromatic N) is 7. The molecular formula is C57H70Cl2F8K2N10O11S4. The number of amides is 2. The van der Waals surface area contributed by atoms with Gasteiger partial charge in [0.1, 0.15) is 22.6 Å². The largest absolute Gasteiger partial charge is 1.00 e. The Morgan fingerprint density at radius 2 is 1.13 bits per heavy atom. The molecule has 4 fully saturated rings. The molecule has 0 radical (unpaired) electrons. The molecule has 2 saturated carbocycles. The van der Waals surface area contributed by atoms with Crippen molar-refractivity contribution in [1.29, 1.82) is 0 Å². The van der Waals surface area contributed by atoms with Gasteiger partial charge in [0.25, 0.3) is 38.3 Å². The zero-order valence-electron chi connectivity index (χ0n) is 53.2. The van der Waals surface area contributed by atoms with Crippen molar-refractivity contribution in [1.82, 2.24) is 44.3 Å². The number of aromatic nitrogens is 6. The predicted octanol–water partition coefficient (Wildman–Crippen LogP) is 4.15. The number of carbonyl (C=O) groups is 3. The monoisotopic (exact) mass is 1500 g/mol. The fourth-order valence-electron chi connectivity index (χ4n) is 10.2. The minimum absolute atomic E-state index is 0. The van der Waals surface area contributed by atoms with Crippen molar-refractivity contribution in [2.24, 2.45) is 22.7 Å². The molecule has 0 unspecified atom stereocenters. The first-order chi connectivity index (χ1) is 41.5. The molecule has 37 heteroatoms. The Balaban J connectivity index is 0.000000772. The number of ether oxygens (including phenoxy) is 2. The number of benzene rings is 2. The van der Waals surface area contributed by atoms with Gasteiger partial charge in [-0.2, -0.15) is 53.3 Å². The van der Waals surface area contributed by atoms with Crippen molar-refractivity contribution in [3.8, 4) is 23.4 Å². The van der Waals surface area contributed by atoms with E-state index in [2.05, 4.69) is 58.1 Å². The van der Waals surface area contributed by atoms with E-state index in [9.17, 15) is 61.5 Å². The summed E-state index contributed by atoms with van der Waals surface area (Å²) in [4.78, 5) is 46.8. The van der Waals surface area contributed by atoms with Gasteiger partial charge in [0, 0.05) is 42.1 Å². The van der Waals surface area contributed by atoms with E-state index < -0.39 is 82.0 Å². The van der Waals surface area contributed by atoms with Crippen LogP contribution in [0.2, 0.25) is 5.15 Å². The maximum absolute atomic E-state index is 13.7. The normalized spacial score (nSPS) is 17.6. The molecule has 6 aromatic rings. The standard InChI is InChI=1S/C28H31F4N5O4S.C21H17ClF4N4O4S.C7H15N.CH2O3.ClH.2K.2H2S.H/c1-18-16-26(2,3)36(17-18)24-21(25(38)35-42(39,40)20-6-4-5-19(29)15-20)7-8-22(33-24)37-13-9-23(34-37)41-14-12-27(10-11-27)28(30,31)32;22-18-15(19(31)29-35(32,33)14-3-1-2-13(23)12-14)4-5-16(27-18)30-10-6-17(28-30)34-11-9-20(7-8-20)21(24,25)26;1-6-4-7(2,3)8-5-6;2-1-4-3;;;;;;/h4-9,13,15,18H,10-12,14,16-17H2,1-3H3,(H,35,38);1-6,10,12H,7-9,11H2,(H,29,31);6,8H,4-5H2,1-3H3;1,3H;1H;;;2*1H2;/q;;;;;2*+1;;;-1/p-1/t18-;;6-;;;;;;;/m0.0......./s1. The maximum atomic E-state index is 13.7. The molecule has 2 saturated heterocycles. The summed E-state index contributed by atoms with van der Waals surface area (Å²) < 4.78 is 173. The third kappa shape index (κ3) is 23.2. The molecule has 510 valence electrons. The summed E-state index contributed by atoms with van der Waals surface area (Å²) in [6.07, 6.45) is -3.42. The second-order valence-electron chi connectivity index (χ2n) is 23.3. The van der Waals surface area contributed by atoms with Crippen LogP contribution in [0.5, 0.6) is 11.8 Å². The Labute approximate surface area is 650 Å². The molecule has 6 heterocycles. The van der Waals surface area contributed by atoms with Crippen molar-refractivity contribution in [2.75, 3.05) is 31.2 Å². The summed E-state index contributed by atoms with van der Waals surface area (Å²) in [6.45, 7) is 14.1. The summed E-state index contributed by atoms with van der Waals surface area (Å²) in [5.74, 6) is -1.59. The van der Waals surface area contributed by atoms with E-state index in [1.165, 1.54) is 89.3 Å². The van der Waals surface area contributed by atoms with E-state index in [1.54, 1.807) is 4.72 Å². The molecule has 2 aliphatic carbocycles. The van der Waals surface area contributed by atoms with Gasteiger partial charge in [-0.25, -0.2) is 54.4 Å². The maximum Gasteiger partial charge on any atom is 1.00 e. The Morgan fingerprint density at radius 3 is 1.47 bits per heavy atom. The van der Waals surface area contributed by atoms with Crippen LogP contribution in [-0.4, -0.2) is 114 Å². The number of sulfonamides is 2. The summed E-state index contributed by atoms with van der Waals surface area (Å²) in [5, 5.41) is 19.9. The molecule has 94 heavy (non-hydrogen) atoms. The summed E-state index contributed by atoms with van der Waals surface area (Å²) in [5.41, 5.74) is -3.63. The third-order valence-corrected chi connectivity index (χ3v) is 18.1. The number of nitrogens with one attached hydrogen (secondary N) is 3. The van der Waals surface area contributed by atoms with Crippen molar-refractivity contribution < 1.29 is 190 Å². The Hall–Kier alpha value is -3.22. The van der Waals surface area contributed by atoms with Crippen LogP contribution in [-0.2, 0) is 29.7 Å². The van der Waals surface area contributed by atoms with Gasteiger partial charge >= 0.3 is 115 Å². The van der Waals surface area contributed by atoms with E-state index >= 15 is 0 Å². The molecule has 2 aromatic carbocycles. The van der Waals surface area contributed by atoms with Gasteiger partial charge < -0.3 is 31.3 Å². The first kappa shape index (κ1) is 86.9. The van der Waals surface area contributed by atoms with Gasteiger partial charge in [0.15, 0.2) is 11.6 Å². The van der Waals surface area contributed by atoms with E-state index in [1.807, 2.05) is 23.5 Å². The van der Waals surface area contributed by atoms with Gasteiger partial charge in [-0.1, -0.05) is 37.6 Å². The molecule has 2 aliphatic heterocycles. The predicted molar refractivity (Wildman–Crippen MR) is 333 cm³/mol. The minimum Gasteiger partial charge on any atom is -1.00 e. The molecule has 2 atom stereocenters. The third-order valence-electron chi connectivity index (χ3n) is 15.2. The fraction of sp³-hybridized carbons (Fsp3) is 0.456. The SMILES string of the molecule is C[C@@H]1CN(c2nc(-n3ccc(OCCC4(C(F)(F)F)CC4)n3)ccc2C(=O)NS(=O)(=O)c2cccc(F)c2)C(C)(C)C1.C[C@@H]1CNC(C)(C)C1.Cl.O=C(NS(=O)(=O)c1cccc(F)c1)c1ccc(-n2ccc(OCCC3(C(F)(F)F)CC3)n2)nc1Cl.O=CO[O-].S.S.[H-].[K+].[K+]. The van der Waals surface area contributed by atoms with Crippen molar-refractivity contribution in [3.05, 3.63) is 125 Å². The molecule has 4 aromatic heterocycles. The zero-order chi connectivity index (χ0) is 65.5. The van der Waals surface area contributed by atoms with Crippen LogP contribution in [0.1, 0.15) is 115 Å². The van der Waals surface area contributed by atoms with Gasteiger partial charge in [-0.15, -0.1) is 22.6 Å². The number of halogens is 10. The van der Waals surface area contributed by atoms with E-state index in [-0.39, 0.29) is 253 Å². The van der Waals surface area contributed by atoms with Crippen LogP contribution >= 0.6 is 51.0 Å². The van der Waals surface area contributed by atoms with Crippen molar-refractivity contribution >= 4 is 95.2 Å². The number of carbonyl (C=O) groups excluding carboxylic acids is 3. The van der Waals surface area contributed by atoms with Crippen LogP contribution < -0.4 is 137 Å². The van der Waals surface area contributed by atoms with Crippen LogP contribution in [0.4, 0.5) is 40.9 Å². The zero-order valence-corrected chi connectivity index (χ0v) is 63.7. The summed E-state index contributed by atoms with van der Waals surface area (Å²) >= 11 is 6.06. The average molecular weight is 1500 g/mol. The summed E-state index contributed by atoms with van der Waals surface area (Å²) in [6, 6.07) is 16.8.